The van der Waals surface area contributed by atoms with Gasteiger partial charge in [0.25, 0.3) is 0 Å². The lowest BCUT2D eigenvalue weighted by Gasteiger charge is -2.35. The second-order valence-corrected chi connectivity index (χ2v) is 5.07. The Kier molecular flexibility index (Phi) is 5.06. The highest BCUT2D eigenvalue weighted by Crippen LogP contribution is 2.20. The van der Waals surface area contributed by atoms with Crippen LogP contribution in [0.15, 0.2) is 0 Å². The third-order valence-corrected chi connectivity index (χ3v) is 3.25. The molecule has 0 aromatic rings. The summed E-state index contributed by atoms with van der Waals surface area (Å²) < 4.78 is 0. The number of nitrogens with one attached hydrogen (secondary N) is 1. The van der Waals surface area contributed by atoms with Crippen LogP contribution in [0.4, 0.5) is 0 Å². The van der Waals surface area contributed by atoms with Gasteiger partial charge in [0, 0.05) is 24.1 Å². The standard InChI is InChI=1S/C11H25NO2/c1-6-11(5,8-13)7-12-10(3,4)9(2)14/h9,12-14H,6-8H2,1-5H3. The molecule has 86 valence electrons. The lowest BCUT2D eigenvalue weighted by atomic mass is 9.87. The Balaban J connectivity index is 4.16. The SMILES string of the molecule is CCC(C)(CO)CNC(C)(C)C(C)O. The first-order valence-electron chi connectivity index (χ1n) is 5.31. The zero-order chi connectivity index (χ0) is 11.4. The van der Waals surface area contributed by atoms with Crippen LogP contribution >= 0.6 is 0 Å². The van der Waals surface area contributed by atoms with E-state index in [-0.39, 0.29) is 17.6 Å². The van der Waals surface area contributed by atoms with Crippen LogP contribution in [0.2, 0.25) is 0 Å². The summed E-state index contributed by atoms with van der Waals surface area (Å²) in [7, 11) is 0. The van der Waals surface area contributed by atoms with Crippen LogP contribution in [-0.2, 0) is 0 Å². The van der Waals surface area contributed by atoms with Gasteiger partial charge in [0.15, 0.2) is 0 Å². The van der Waals surface area contributed by atoms with Crippen molar-refractivity contribution in [3.63, 3.8) is 0 Å². The van der Waals surface area contributed by atoms with E-state index in [9.17, 15) is 10.2 Å². The van der Waals surface area contributed by atoms with E-state index in [2.05, 4.69) is 12.2 Å². The molecule has 0 aromatic carbocycles. The Bertz CT molecular complexity index is 158. The molecule has 0 saturated heterocycles. The molecule has 3 nitrogen and oxygen atoms in total. The topological polar surface area (TPSA) is 52.5 Å². The fraction of sp³-hybridized carbons (Fsp3) is 1.00. The van der Waals surface area contributed by atoms with Gasteiger partial charge < -0.3 is 15.5 Å². The molecule has 0 bridgehead atoms. The molecule has 14 heavy (non-hydrogen) atoms. The third kappa shape index (κ3) is 3.95. The van der Waals surface area contributed by atoms with E-state index in [1.165, 1.54) is 0 Å². The van der Waals surface area contributed by atoms with Crippen molar-refractivity contribution in [2.45, 2.75) is 52.7 Å². The highest BCUT2D eigenvalue weighted by Gasteiger charge is 2.28. The quantitative estimate of drug-likeness (QED) is 0.607. The maximum atomic E-state index is 9.50. The van der Waals surface area contributed by atoms with Gasteiger partial charge in [-0.05, 0) is 27.2 Å². The fourth-order valence-corrected chi connectivity index (χ4v) is 0.882. The van der Waals surface area contributed by atoms with Crippen molar-refractivity contribution in [2.75, 3.05) is 13.2 Å². The maximum Gasteiger partial charge on any atom is 0.0688 e. The number of hydrogen-bond acceptors (Lipinski definition) is 3. The molecular weight excluding hydrogens is 178 g/mol. The van der Waals surface area contributed by atoms with Crippen LogP contribution in [0.3, 0.4) is 0 Å². The van der Waals surface area contributed by atoms with Crippen LogP contribution in [0.1, 0.15) is 41.0 Å². The summed E-state index contributed by atoms with van der Waals surface area (Å²) in [4.78, 5) is 0. The molecule has 0 spiro atoms. The van der Waals surface area contributed by atoms with Crippen molar-refractivity contribution in [1.82, 2.24) is 5.32 Å². The van der Waals surface area contributed by atoms with Crippen LogP contribution in [0.25, 0.3) is 0 Å². The van der Waals surface area contributed by atoms with E-state index in [4.69, 9.17) is 0 Å². The van der Waals surface area contributed by atoms with E-state index < -0.39 is 6.10 Å². The van der Waals surface area contributed by atoms with E-state index in [1.54, 1.807) is 6.92 Å². The summed E-state index contributed by atoms with van der Waals surface area (Å²) in [6, 6.07) is 0. The van der Waals surface area contributed by atoms with Crippen LogP contribution < -0.4 is 5.32 Å². The molecular formula is C11H25NO2. The van der Waals surface area contributed by atoms with Gasteiger partial charge in [0.1, 0.15) is 0 Å². The molecule has 0 aliphatic rings. The van der Waals surface area contributed by atoms with E-state index >= 15 is 0 Å². The second kappa shape index (κ2) is 5.10. The largest absolute Gasteiger partial charge is 0.396 e. The van der Waals surface area contributed by atoms with E-state index in [0.717, 1.165) is 13.0 Å². The molecule has 0 heterocycles. The molecule has 3 heteroatoms. The average molecular weight is 203 g/mol. The van der Waals surface area contributed by atoms with Crippen molar-refractivity contribution < 1.29 is 10.2 Å². The zero-order valence-electron chi connectivity index (χ0n) is 10.1. The first-order chi connectivity index (χ1) is 6.27. The molecule has 3 N–H and O–H groups in total. The average Bonchev–Trinajstić information content (AvgIpc) is 2.14. The Morgan fingerprint density at radius 2 is 1.79 bits per heavy atom. The Morgan fingerprint density at radius 1 is 1.29 bits per heavy atom. The molecule has 2 unspecified atom stereocenters. The molecule has 0 aliphatic heterocycles. The van der Waals surface area contributed by atoms with Crippen molar-refractivity contribution >= 4 is 0 Å². The Morgan fingerprint density at radius 3 is 2.07 bits per heavy atom. The minimum Gasteiger partial charge on any atom is -0.396 e. The third-order valence-electron chi connectivity index (χ3n) is 3.25. The zero-order valence-corrected chi connectivity index (χ0v) is 10.1. The molecule has 0 fully saturated rings. The predicted octanol–water partition coefficient (Wildman–Crippen LogP) is 1.14. The van der Waals surface area contributed by atoms with Crippen LogP contribution in [0, 0.1) is 5.41 Å². The summed E-state index contributed by atoms with van der Waals surface area (Å²) in [5, 5.41) is 22.0. The Labute approximate surface area is 87.5 Å². The first-order valence-corrected chi connectivity index (χ1v) is 5.31. The van der Waals surface area contributed by atoms with E-state index in [1.807, 2.05) is 20.8 Å². The van der Waals surface area contributed by atoms with Crippen LogP contribution in [0.5, 0.6) is 0 Å². The summed E-state index contributed by atoms with van der Waals surface area (Å²) in [5.74, 6) is 0. The van der Waals surface area contributed by atoms with Gasteiger partial charge in [-0.2, -0.15) is 0 Å². The van der Waals surface area contributed by atoms with Gasteiger partial charge in [0.2, 0.25) is 0 Å². The summed E-state index contributed by atoms with van der Waals surface area (Å²) in [5.41, 5.74) is -0.391. The molecule has 0 amide bonds. The van der Waals surface area contributed by atoms with Crippen molar-refractivity contribution in [1.29, 1.82) is 0 Å². The van der Waals surface area contributed by atoms with Crippen molar-refractivity contribution in [3.05, 3.63) is 0 Å². The molecule has 0 aliphatic carbocycles. The van der Waals surface area contributed by atoms with Gasteiger partial charge in [-0.25, -0.2) is 0 Å². The van der Waals surface area contributed by atoms with Gasteiger partial charge in [-0.1, -0.05) is 13.8 Å². The predicted molar refractivity (Wildman–Crippen MR) is 59.2 cm³/mol. The molecule has 0 aromatic heterocycles. The lowest BCUT2D eigenvalue weighted by Crippen LogP contribution is -2.52. The lowest BCUT2D eigenvalue weighted by molar-refractivity contribution is 0.0715. The number of aliphatic hydroxyl groups is 2. The summed E-state index contributed by atoms with van der Waals surface area (Å²) in [6.07, 6.45) is 0.522. The van der Waals surface area contributed by atoms with Crippen molar-refractivity contribution in [2.24, 2.45) is 5.41 Å². The molecule has 0 radical (unpaired) electrons. The minimum atomic E-state index is -0.401. The fourth-order valence-electron chi connectivity index (χ4n) is 0.882. The van der Waals surface area contributed by atoms with Crippen LogP contribution in [-0.4, -0.2) is 35.0 Å². The number of hydrogen-bond donors (Lipinski definition) is 3. The van der Waals surface area contributed by atoms with Gasteiger partial charge in [-0.3, -0.25) is 0 Å². The Hall–Kier alpha value is -0.120. The van der Waals surface area contributed by atoms with Crippen molar-refractivity contribution in [3.8, 4) is 0 Å². The summed E-state index contributed by atoms with van der Waals surface area (Å²) in [6.45, 7) is 10.7. The van der Waals surface area contributed by atoms with Gasteiger partial charge >= 0.3 is 0 Å². The van der Waals surface area contributed by atoms with Gasteiger partial charge in [-0.15, -0.1) is 0 Å². The minimum absolute atomic E-state index is 0.0911. The molecule has 0 rings (SSSR count). The molecule has 0 saturated carbocycles. The van der Waals surface area contributed by atoms with Gasteiger partial charge in [0.05, 0.1) is 6.10 Å². The number of rotatable bonds is 6. The first kappa shape index (κ1) is 13.9. The normalized spacial score (nSPS) is 19.1. The highest BCUT2D eigenvalue weighted by molar-refractivity contribution is 4.86. The monoisotopic (exact) mass is 203 g/mol. The van der Waals surface area contributed by atoms with E-state index in [0.29, 0.717) is 0 Å². The summed E-state index contributed by atoms with van der Waals surface area (Å²) >= 11 is 0. The number of aliphatic hydroxyl groups excluding tert-OH is 2. The smallest absolute Gasteiger partial charge is 0.0688 e. The second-order valence-electron chi connectivity index (χ2n) is 5.07. The highest BCUT2D eigenvalue weighted by atomic mass is 16.3. The molecule has 2 atom stereocenters. The maximum absolute atomic E-state index is 9.50.